The summed E-state index contributed by atoms with van der Waals surface area (Å²) in [6, 6.07) is 6.81. The van der Waals surface area contributed by atoms with Crippen molar-refractivity contribution in [2.45, 2.75) is 32.7 Å². The maximum atomic E-state index is 12.1. The molecule has 6 nitrogen and oxygen atoms in total. The van der Waals surface area contributed by atoms with E-state index in [0.717, 1.165) is 11.3 Å². The lowest BCUT2D eigenvalue weighted by molar-refractivity contribution is -0.139. The Labute approximate surface area is 128 Å². The molecule has 1 aromatic heterocycles. The molecule has 0 fully saturated rings. The fraction of sp³-hybridized carbons (Fsp3) is 0.312. The number of carbonyl (C=O) groups is 2. The molecule has 2 N–H and O–H groups in total. The Morgan fingerprint density at radius 2 is 2.09 bits per heavy atom. The quantitative estimate of drug-likeness (QED) is 0.856. The second kappa shape index (κ2) is 6.89. The maximum absolute atomic E-state index is 12.1. The number of nitrogens with one attached hydrogen (secondary N) is 1. The summed E-state index contributed by atoms with van der Waals surface area (Å²) < 4.78 is 1.61. The summed E-state index contributed by atoms with van der Waals surface area (Å²) in [5, 5.41) is 15.8. The summed E-state index contributed by atoms with van der Waals surface area (Å²) in [6.07, 6.45) is 4.11. The van der Waals surface area contributed by atoms with Crippen molar-refractivity contribution in [1.82, 2.24) is 15.1 Å². The molecule has 2 rings (SSSR count). The number of nitrogens with zero attached hydrogens (tertiary/aromatic N) is 2. The van der Waals surface area contributed by atoms with E-state index in [9.17, 15) is 9.59 Å². The molecule has 2 aromatic rings. The number of aryl methyl sites for hydroxylation is 1. The Morgan fingerprint density at radius 3 is 2.73 bits per heavy atom. The molecule has 0 aliphatic rings. The van der Waals surface area contributed by atoms with Crippen LogP contribution in [0.25, 0.3) is 5.69 Å². The van der Waals surface area contributed by atoms with Crippen LogP contribution in [-0.2, 0) is 4.79 Å². The van der Waals surface area contributed by atoms with Crippen LogP contribution >= 0.6 is 0 Å². The highest BCUT2D eigenvalue weighted by atomic mass is 16.4. The highest BCUT2D eigenvalue weighted by Gasteiger charge is 2.20. The van der Waals surface area contributed by atoms with E-state index < -0.39 is 17.9 Å². The summed E-state index contributed by atoms with van der Waals surface area (Å²) in [6.45, 7) is 3.83. The number of carboxylic acid groups (broad SMARTS) is 1. The first kappa shape index (κ1) is 15.8. The molecule has 1 unspecified atom stereocenters. The number of aromatic nitrogens is 2. The second-order valence-corrected chi connectivity index (χ2v) is 5.11. The second-order valence-electron chi connectivity index (χ2n) is 5.11. The minimum absolute atomic E-state index is 0.339. The lowest BCUT2D eigenvalue weighted by Gasteiger charge is -2.12. The molecule has 0 bridgehead atoms. The standard InChI is InChI=1S/C16H19N3O3/c1-3-6-13(16(21)22)18-15(20)12-9-17-19(10-12)14-8-5-4-7-11(14)2/h4-5,7-10,13H,3,6H2,1-2H3,(H,18,20)(H,21,22). The zero-order chi connectivity index (χ0) is 16.1. The smallest absolute Gasteiger partial charge is 0.326 e. The van der Waals surface area contributed by atoms with Crippen molar-refractivity contribution in [2.24, 2.45) is 0 Å². The van der Waals surface area contributed by atoms with Crippen LogP contribution in [0.2, 0.25) is 0 Å². The monoisotopic (exact) mass is 301 g/mol. The minimum atomic E-state index is -1.03. The van der Waals surface area contributed by atoms with Crippen molar-refractivity contribution in [3.63, 3.8) is 0 Å². The molecule has 1 aromatic carbocycles. The van der Waals surface area contributed by atoms with Crippen LogP contribution < -0.4 is 5.32 Å². The minimum Gasteiger partial charge on any atom is -0.480 e. The van der Waals surface area contributed by atoms with E-state index in [-0.39, 0.29) is 0 Å². The molecule has 0 saturated carbocycles. The number of carbonyl (C=O) groups excluding carboxylic acids is 1. The Hall–Kier alpha value is -2.63. The molecule has 0 saturated heterocycles. The van der Waals surface area contributed by atoms with Crippen molar-refractivity contribution >= 4 is 11.9 Å². The molecule has 1 heterocycles. The average molecular weight is 301 g/mol. The van der Waals surface area contributed by atoms with Crippen molar-refractivity contribution in [2.75, 3.05) is 0 Å². The summed E-state index contributed by atoms with van der Waals surface area (Å²) in [5.74, 6) is -1.46. The molecular weight excluding hydrogens is 282 g/mol. The van der Waals surface area contributed by atoms with Crippen LogP contribution in [0.15, 0.2) is 36.7 Å². The van der Waals surface area contributed by atoms with Gasteiger partial charge < -0.3 is 10.4 Å². The first-order chi connectivity index (χ1) is 10.5. The SMILES string of the molecule is CCCC(NC(=O)c1cnn(-c2ccccc2C)c1)C(=O)O. The van der Waals surface area contributed by atoms with E-state index in [0.29, 0.717) is 18.4 Å². The first-order valence-electron chi connectivity index (χ1n) is 7.17. The predicted octanol–water partition coefficient (Wildman–Crippen LogP) is 2.16. The fourth-order valence-electron chi connectivity index (χ4n) is 2.18. The van der Waals surface area contributed by atoms with Gasteiger partial charge in [0.2, 0.25) is 0 Å². The van der Waals surface area contributed by atoms with Gasteiger partial charge in [0.05, 0.1) is 17.4 Å². The van der Waals surface area contributed by atoms with E-state index in [1.165, 1.54) is 6.20 Å². The van der Waals surface area contributed by atoms with E-state index in [4.69, 9.17) is 5.11 Å². The summed E-state index contributed by atoms with van der Waals surface area (Å²) >= 11 is 0. The first-order valence-corrected chi connectivity index (χ1v) is 7.17. The molecule has 0 aliphatic heterocycles. The van der Waals surface area contributed by atoms with Gasteiger partial charge in [-0.15, -0.1) is 0 Å². The van der Waals surface area contributed by atoms with Crippen LogP contribution in [-0.4, -0.2) is 32.8 Å². The molecular formula is C16H19N3O3. The predicted molar refractivity (Wildman–Crippen MR) is 82.1 cm³/mol. The number of carboxylic acids is 1. The number of rotatable bonds is 6. The average Bonchev–Trinajstić information content (AvgIpc) is 2.96. The van der Waals surface area contributed by atoms with E-state index in [1.54, 1.807) is 10.9 Å². The molecule has 1 amide bonds. The Bertz CT molecular complexity index is 679. The number of hydrogen-bond donors (Lipinski definition) is 2. The molecule has 116 valence electrons. The van der Waals surface area contributed by atoms with Crippen LogP contribution in [0.1, 0.15) is 35.7 Å². The zero-order valence-corrected chi connectivity index (χ0v) is 12.6. The Kier molecular flexibility index (Phi) is 4.93. The lowest BCUT2D eigenvalue weighted by atomic mass is 10.1. The normalized spacial score (nSPS) is 11.9. The third kappa shape index (κ3) is 3.52. The number of benzene rings is 1. The van der Waals surface area contributed by atoms with Crippen molar-refractivity contribution in [1.29, 1.82) is 0 Å². The van der Waals surface area contributed by atoms with Crippen LogP contribution in [0.4, 0.5) is 0 Å². The lowest BCUT2D eigenvalue weighted by Crippen LogP contribution is -2.40. The van der Waals surface area contributed by atoms with Crippen molar-refractivity contribution in [3.05, 3.63) is 47.8 Å². The third-order valence-electron chi connectivity index (χ3n) is 3.39. The Morgan fingerprint density at radius 1 is 1.36 bits per heavy atom. The van der Waals surface area contributed by atoms with Crippen LogP contribution in [0, 0.1) is 6.92 Å². The van der Waals surface area contributed by atoms with Gasteiger partial charge in [-0.2, -0.15) is 5.10 Å². The molecule has 0 aliphatic carbocycles. The third-order valence-corrected chi connectivity index (χ3v) is 3.39. The van der Waals surface area contributed by atoms with Crippen molar-refractivity contribution < 1.29 is 14.7 Å². The highest BCUT2D eigenvalue weighted by molar-refractivity contribution is 5.96. The molecule has 6 heteroatoms. The number of amides is 1. The summed E-state index contributed by atoms with van der Waals surface area (Å²) in [5.41, 5.74) is 2.25. The largest absolute Gasteiger partial charge is 0.480 e. The van der Waals surface area contributed by atoms with E-state index in [2.05, 4.69) is 10.4 Å². The van der Waals surface area contributed by atoms with Gasteiger partial charge in [0.15, 0.2) is 0 Å². The fourth-order valence-corrected chi connectivity index (χ4v) is 2.18. The van der Waals surface area contributed by atoms with E-state index >= 15 is 0 Å². The summed E-state index contributed by atoms with van der Waals surface area (Å²) in [7, 11) is 0. The number of aliphatic carboxylic acids is 1. The summed E-state index contributed by atoms with van der Waals surface area (Å²) in [4.78, 5) is 23.2. The molecule has 0 spiro atoms. The van der Waals surface area contributed by atoms with Gasteiger partial charge in [0.25, 0.3) is 5.91 Å². The van der Waals surface area contributed by atoms with Gasteiger partial charge in [-0.3, -0.25) is 4.79 Å². The molecule has 0 radical (unpaired) electrons. The number of hydrogen-bond acceptors (Lipinski definition) is 3. The number of para-hydroxylation sites is 1. The Balaban J connectivity index is 2.16. The van der Waals surface area contributed by atoms with E-state index in [1.807, 2.05) is 38.1 Å². The van der Waals surface area contributed by atoms with Crippen LogP contribution in [0.5, 0.6) is 0 Å². The van der Waals surface area contributed by atoms with Gasteiger partial charge in [-0.1, -0.05) is 31.5 Å². The molecule has 1 atom stereocenters. The van der Waals surface area contributed by atoms with Gasteiger partial charge in [-0.05, 0) is 25.0 Å². The van der Waals surface area contributed by atoms with Gasteiger partial charge >= 0.3 is 5.97 Å². The maximum Gasteiger partial charge on any atom is 0.326 e. The molecule has 22 heavy (non-hydrogen) atoms. The van der Waals surface area contributed by atoms with Gasteiger partial charge in [0.1, 0.15) is 6.04 Å². The van der Waals surface area contributed by atoms with Crippen molar-refractivity contribution in [3.8, 4) is 5.69 Å². The topological polar surface area (TPSA) is 84.2 Å². The highest BCUT2D eigenvalue weighted by Crippen LogP contribution is 2.13. The van der Waals surface area contributed by atoms with Gasteiger partial charge in [0, 0.05) is 6.20 Å². The zero-order valence-electron chi connectivity index (χ0n) is 12.6. The van der Waals surface area contributed by atoms with Crippen LogP contribution in [0.3, 0.4) is 0 Å². The van der Waals surface area contributed by atoms with Gasteiger partial charge in [-0.25, -0.2) is 9.48 Å².